The van der Waals surface area contributed by atoms with Crippen LogP contribution in [0.3, 0.4) is 0 Å². The Kier molecular flexibility index (Phi) is 5.79. The van der Waals surface area contributed by atoms with Gasteiger partial charge in [0.1, 0.15) is 5.75 Å². The zero-order valence-electron chi connectivity index (χ0n) is 19.5. The summed E-state index contributed by atoms with van der Waals surface area (Å²) in [4.78, 5) is 29.3. The molecule has 0 unspecified atom stereocenters. The standard InChI is InChI=1S/C26H32ClNO4/c1-25(2)11-17-23(20(30)13-25)22(15-6-7-19(29)16(27)10-15)24-18(28(17)8-9-32-5)12-26(3,4)14-21(24)31/h6-7,10,22,29H,8-9,11-14H2,1-5H3. The van der Waals surface area contributed by atoms with Gasteiger partial charge in [-0.2, -0.15) is 0 Å². The molecule has 0 atom stereocenters. The van der Waals surface area contributed by atoms with E-state index in [1.807, 2.05) is 0 Å². The molecule has 0 saturated carbocycles. The van der Waals surface area contributed by atoms with Gasteiger partial charge in [-0.15, -0.1) is 0 Å². The normalized spacial score (nSPS) is 22.9. The van der Waals surface area contributed by atoms with Crippen LogP contribution in [0, 0.1) is 10.8 Å². The molecule has 32 heavy (non-hydrogen) atoms. The average molecular weight is 458 g/mol. The van der Waals surface area contributed by atoms with Crippen molar-refractivity contribution in [3.63, 3.8) is 0 Å². The maximum atomic E-state index is 13.6. The van der Waals surface area contributed by atoms with Crippen LogP contribution in [-0.4, -0.2) is 41.8 Å². The van der Waals surface area contributed by atoms with E-state index in [2.05, 4.69) is 32.6 Å². The maximum Gasteiger partial charge on any atom is 0.162 e. The molecule has 2 aliphatic carbocycles. The monoisotopic (exact) mass is 457 g/mol. The number of phenols is 1. The molecule has 1 N–H and O–H groups in total. The Bertz CT molecular complexity index is 996. The molecule has 0 fully saturated rings. The van der Waals surface area contributed by atoms with E-state index in [9.17, 15) is 14.7 Å². The number of hydrogen-bond acceptors (Lipinski definition) is 5. The predicted molar refractivity (Wildman–Crippen MR) is 125 cm³/mol. The quantitative estimate of drug-likeness (QED) is 0.657. The maximum absolute atomic E-state index is 13.6. The first kappa shape index (κ1) is 23.1. The Morgan fingerprint density at radius 1 is 1.00 bits per heavy atom. The highest BCUT2D eigenvalue weighted by Gasteiger charge is 2.48. The summed E-state index contributed by atoms with van der Waals surface area (Å²) in [5, 5.41) is 10.2. The van der Waals surface area contributed by atoms with E-state index in [0.717, 1.165) is 29.8 Å². The van der Waals surface area contributed by atoms with Crippen molar-refractivity contribution in [3.05, 3.63) is 51.3 Å². The smallest absolute Gasteiger partial charge is 0.162 e. The van der Waals surface area contributed by atoms with Crippen LogP contribution in [-0.2, 0) is 14.3 Å². The third kappa shape index (κ3) is 4.01. The number of ketones is 2. The second-order valence-corrected chi connectivity index (χ2v) is 11.3. The van der Waals surface area contributed by atoms with E-state index in [0.29, 0.717) is 37.1 Å². The molecule has 4 rings (SSSR count). The molecule has 1 heterocycles. The number of phenolic OH excluding ortho intramolecular Hbond substituents is 1. The van der Waals surface area contributed by atoms with Crippen LogP contribution < -0.4 is 0 Å². The molecule has 0 amide bonds. The minimum atomic E-state index is -0.455. The zero-order valence-corrected chi connectivity index (χ0v) is 20.3. The van der Waals surface area contributed by atoms with Crippen molar-refractivity contribution in [1.82, 2.24) is 4.90 Å². The van der Waals surface area contributed by atoms with Gasteiger partial charge >= 0.3 is 0 Å². The highest BCUT2D eigenvalue weighted by molar-refractivity contribution is 6.32. The summed E-state index contributed by atoms with van der Waals surface area (Å²) in [6.07, 6.45) is 2.39. The van der Waals surface area contributed by atoms with Crippen molar-refractivity contribution in [2.75, 3.05) is 20.3 Å². The minimum absolute atomic E-state index is 0.0106. The van der Waals surface area contributed by atoms with E-state index in [1.165, 1.54) is 0 Å². The largest absolute Gasteiger partial charge is 0.506 e. The lowest BCUT2D eigenvalue weighted by atomic mass is 9.63. The van der Waals surface area contributed by atoms with Crippen LogP contribution >= 0.6 is 11.6 Å². The fourth-order valence-corrected chi connectivity index (χ4v) is 5.73. The Balaban J connectivity index is 1.99. The SMILES string of the molecule is COCCN1C2=C(C(=O)CC(C)(C)C2)C(c2ccc(O)c(Cl)c2)C2=C1CC(C)(C)CC2=O. The molecule has 3 aliphatic rings. The first-order chi connectivity index (χ1) is 14.9. The highest BCUT2D eigenvalue weighted by Crippen LogP contribution is 2.54. The molecule has 0 radical (unpaired) electrons. The van der Waals surface area contributed by atoms with E-state index >= 15 is 0 Å². The molecular weight excluding hydrogens is 426 g/mol. The fraction of sp³-hybridized carbons (Fsp3) is 0.538. The first-order valence-corrected chi connectivity index (χ1v) is 11.6. The Morgan fingerprint density at radius 3 is 2.00 bits per heavy atom. The fourth-order valence-electron chi connectivity index (χ4n) is 5.54. The number of halogens is 1. The molecule has 0 aromatic heterocycles. The number of rotatable bonds is 4. The van der Waals surface area contributed by atoms with Crippen LogP contribution in [0.5, 0.6) is 5.75 Å². The van der Waals surface area contributed by atoms with Gasteiger partial charge in [0, 0.05) is 55.0 Å². The number of methoxy groups -OCH3 is 1. The van der Waals surface area contributed by atoms with Crippen molar-refractivity contribution in [2.45, 2.75) is 59.3 Å². The van der Waals surface area contributed by atoms with Crippen molar-refractivity contribution < 1.29 is 19.4 Å². The molecular formula is C26H32ClNO4. The second kappa shape index (κ2) is 8.03. The predicted octanol–water partition coefficient (Wildman–Crippen LogP) is 5.38. The average Bonchev–Trinajstić information content (AvgIpc) is 2.66. The summed E-state index contributed by atoms with van der Waals surface area (Å²) < 4.78 is 5.40. The number of benzene rings is 1. The number of aromatic hydroxyl groups is 1. The molecule has 172 valence electrons. The van der Waals surface area contributed by atoms with Crippen molar-refractivity contribution in [1.29, 1.82) is 0 Å². The number of hydrogen-bond donors (Lipinski definition) is 1. The molecule has 6 heteroatoms. The Hall–Kier alpha value is -2.11. The molecule has 1 aromatic carbocycles. The van der Waals surface area contributed by atoms with E-state index in [-0.39, 0.29) is 33.2 Å². The molecule has 0 spiro atoms. The molecule has 5 nitrogen and oxygen atoms in total. The lowest BCUT2D eigenvalue weighted by molar-refractivity contribution is -0.119. The van der Waals surface area contributed by atoms with Gasteiger partial charge in [0.2, 0.25) is 0 Å². The van der Waals surface area contributed by atoms with Gasteiger partial charge in [-0.25, -0.2) is 0 Å². The number of nitrogens with zero attached hydrogens (tertiary/aromatic N) is 1. The van der Waals surface area contributed by atoms with Crippen LogP contribution in [0.4, 0.5) is 0 Å². The summed E-state index contributed by atoms with van der Waals surface area (Å²) in [5.74, 6) is -0.304. The summed E-state index contributed by atoms with van der Waals surface area (Å²) >= 11 is 6.27. The van der Waals surface area contributed by atoms with Gasteiger partial charge in [-0.3, -0.25) is 9.59 Å². The van der Waals surface area contributed by atoms with Gasteiger partial charge in [0.05, 0.1) is 11.6 Å². The second-order valence-electron chi connectivity index (χ2n) is 10.9. The van der Waals surface area contributed by atoms with Crippen LogP contribution in [0.15, 0.2) is 40.7 Å². The van der Waals surface area contributed by atoms with Gasteiger partial charge in [0.25, 0.3) is 0 Å². The molecule has 1 aliphatic heterocycles. The lowest BCUT2D eigenvalue weighted by Gasteiger charge is -2.49. The number of Topliss-reactive ketones (excluding diaryl/α,β-unsaturated/α-hetero) is 2. The van der Waals surface area contributed by atoms with Crippen molar-refractivity contribution in [3.8, 4) is 5.75 Å². The van der Waals surface area contributed by atoms with Crippen LogP contribution in [0.25, 0.3) is 0 Å². The van der Waals surface area contributed by atoms with Gasteiger partial charge in [0.15, 0.2) is 11.6 Å². The molecule has 1 aromatic rings. The summed E-state index contributed by atoms with van der Waals surface area (Å²) in [6.45, 7) is 9.59. The van der Waals surface area contributed by atoms with Gasteiger partial charge < -0.3 is 14.7 Å². The van der Waals surface area contributed by atoms with Gasteiger partial charge in [-0.1, -0.05) is 45.4 Å². The van der Waals surface area contributed by atoms with E-state index in [4.69, 9.17) is 16.3 Å². The lowest BCUT2D eigenvalue weighted by Crippen LogP contribution is -2.45. The Labute approximate surface area is 195 Å². The number of allylic oxidation sites excluding steroid dienone is 4. The number of carbonyl (C=O) groups excluding carboxylic acids is 2. The summed E-state index contributed by atoms with van der Waals surface area (Å²) in [7, 11) is 1.67. The number of carbonyl (C=O) groups is 2. The number of ether oxygens (including phenoxy) is 1. The van der Waals surface area contributed by atoms with Crippen molar-refractivity contribution >= 4 is 23.2 Å². The zero-order chi connectivity index (χ0) is 23.4. The highest BCUT2D eigenvalue weighted by atomic mass is 35.5. The van der Waals surface area contributed by atoms with E-state index in [1.54, 1.807) is 25.3 Å². The third-order valence-corrected chi connectivity index (χ3v) is 7.15. The third-order valence-electron chi connectivity index (χ3n) is 6.85. The summed E-state index contributed by atoms with van der Waals surface area (Å²) in [5.41, 5.74) is 3.86. The molecule has 0 saturated heterocycles. The Morgan fingerprint density at radius 2 is 1.53 bits per heavy atom. The van der Waals surface area contributed by atoms with Crippen LogP contribution in [0.2, 0.25) is 5.02 Å². The summed E-state index contributed by atoms with van der Waals surface area (Å²) in [6, 6.07) is 5.03. The first-order valence-electron chi connectivity index (χ1n) is 11.2. The van der Waals surface area contributed by atoms with E-state index < -0.39 is 5.92 Å². The van der Waals surface area contributed by atoms with Crippen molar-refractivity contribution in [2.24, 2.45) is 10.8 Å². The molecule has 0 bridgehead atoms. The van der Waals surface area contributed by atoms with Gasteiger partial charge in [-0.05, 0) is 41.4 Å². The minimum Gasteiger partial charge on any atom is -0.506 e. The topological polar surface area (TPSA) is 66.8 Å². The van der Waals surface area contributed by atoms with Crippen LogP contribution in [0.1, 0.15) is 64.9 Å².